The Balaban J connectivity index is 2.14. The maximum Gasteiger partial charge on any atom is 0.305 e. The van der Waals surface area contributed by atoms with Crippen molar-refractivity contribution < 1.29 is 9.90 Å². The summed E-state index contributed by atoms with van der Waals surface area (Å²) in [6.07, 6.45) is 2.67. The second-order valence-corrected chi connectivity index (χ2v) is 5.50. The minimum Gasteiger partial charge on any atom is -0.481 e. The van der Waals surface area contributed by atoms with Gasteiger partial charge in [-0.3, -0.25) is 4.79 Å². The SMILES string of the molecule is CC(N(CCC(=O)O)c1ccccc1)C1(C)CC1. The van der Waals surface area contributed by atoms with E-state index in [1.165, 1.54) is 12.8 Å². The largest absolute Gasteiger partial charge is 0.481 e. The molecule has 1 aliphatic carbocycles. The highest BCUT2D eigenvalue weighted by Gasteiger charge is 2.45. The summed E-state index contributed by atoms with van der Waals surface area (Å²) in [5.74, 6) is -0.732. The fourth-order valence-corrected chi connectivity index (χ4v) is 2.37. The third kappa shape index (κ3) is 2.84. The van der Waals surface area contributed by atoms with E-state index in [0.29, 0.717) is 18.0 Å². The molecule has 2 rings (SSSR count). The molecular weight excluding hydrogens is 226 g/mol. The number of para-hydroxylation sites is 1. The molecule has 98 valence electrons. The highest BCUT2D eigenvalue weighted by atomic mass is 16.4. The van der Waals surface area contributed by atoms with Crippen molar-refractivity contribution in [2.24, 2.45) is 5.41 Å². The molecule has 0 aliphatic heterocycles. The summed E-state index contributed by atoms with van der Waals surface area (Å²) in [7, 11) is 0. The average molecular weight is 247 g/mol. The number of aliphatic carboxylic acids is 1. The van der Waals surface area contributed by atoms with Crippen LogP contribution in [0.3, 0.4) is 0 Å². The molecule has 1 unspecified atom stereocenters. The first-order valence-corrected chi connectivity index (χ1v) is 6.56. The van der Waals surface area contributed by atoms with Gasteiger partial charge >= 0.3 is 5.97 Å². The van der Waals surface area contributed by atoms with Crippen LogP contribution in [-0.4, -0.2) is 23.7 Å². The van der Waals surface area contributed by atoms with Crippen molar-refractivity contribution in [3.05, 3.63) is 30.3 Å². The predicted molar refractivity (Wildman–Crippen MR) is 72.8 cm³/mol. The molecule has 1 atom stereocenters. The number of carboxylic acid groups (broad SMARTS) is 1. The van der Waals surface area contributed by atoms with Crippen molar-refractivity contribution in [3.8, 4) is 0 Å². The number of anilines is 1. The lowest BCUT2D eigenvalue weighted by Gasteiger charge is -2.35. The molecule has 3 heteroatoms. The number of carbonyl (C=O) groups is 1. The van der Waals surface area contributed by atoms with Gasteiger partial charge < -0.3 is 10.0 Å². The fourth-order valence-electron chi connectivity index (χ4n) is 2.37. The minimum absolute atomic E-state index is 0.190. The molecule has 0 amide bonds. The predicted octanol–water partition coefficient (Wildman–Crippen LogP) is 3.16. The Labute approximate surface area is 108 Å². The molecule has 0 saturated heterocycles. The van der Waals surface area contributed by atoms with Crippen LogP contribution in [0.2, 0.25) is 0 Å². The van der Waals surface area contributed by atoms with E-state index in [9.17, 15) is 4.79 Å². The normalized spacial score (nSPS) is 18.1. The molecule has 3 nitrogen and oxygen atoms in total. The summed E-state index contributed by atoms with van der Waals surface area (Å²) in [5.41, 5.74) is 1.48. The second kappa shape index (κ2) is 5.01. The van der Waals surface area contributed by atoms with Gasteiger partial charge in [0.05, 0.1) is 6.42 Å². The molecule has 1 saturated carbocycles. The van der Waals surface area contributed by atoms with E-state index in [0.717, 1.165) is 5.69 Å². The summed E-state index contributed by atoms with van der Waals surface area (Å²) in [5, 5.41) is 8.88. The minimum atomic E-state index is -0.732. The van der Waals surface area contributed by atoms with Gasteiger partial charge in [0.1, 0.15) is 0 Å². The second-order valence-electron chi connectivity index (χ2n) is 5.50. The molecule has 0 radical (unpaired) electrons. The zero-order chi connectivity index (χ0) is 13.2. The van der Waals surface area contributed by atoms with Gasteiger partial charge in [-0.2, -0.15) is 0 Å². The van der Waals surface area contributed by atoms with Gasteiger partial charge in [0.25, 0.3) is 0 Å². The lowest BCUT2D eigenvalue weighted by atomic mass is 9.98. The molecule has 1 aromatic rings. The molecule has 0 aromatic heterocycles. The summed E-state index contributed by atoms with van der Waals surface area (Å²) in [6, 6.07) is 10.5. The van der Waals surface area contributed by atoms with Gasteiger partial charge in [0.15, 0.2) is 0 Å². The lowest BCUT2D eigenvalue weighted by molar-refractivity contribution is -0.136. The van der Waals surface area contributed by atoms with Crippen LogP contribution in [0.15, 0.2) is 30.3 Å². The number of rotatable bonds is 6. The molecule has 0 heterocycles. The summed E-state index contributed by atoms with van der Waals surface area (Å²) in [4.78, 5) is 13.0. The first-order valence-electron chi connectivity index (χ1n) is 6.56. The van der Waals surface area contributed by atoms with Gasteiger partial charge in [0, 0.05) is 18.3 Å². The number of hydrogen-bond donors (Lipinski definition) is 1. The van der Waals surface area contributed by atoms with Gasteiger partial charge in [-0.25, -0.2) is 0 Å². The zero-order valence-electron chi connectivity index (χ0n) is 11.1. The van der Waals surface area contributed by atoms with Gasteiger partial charge in [-0.1, -0.05) is 25.1 Å². The standard InChI is InChI=1S/C15H21NO2/c1-12(15(2)9-10-15)16(11-8-14(17)18)13-6-4-3-5-7-13/h3-7,12H,8-11H2,1-2H3,(H,17,18). The van der Waals surface area contributed by atoms with Crippen molar-refractivity contribution >= 4 is 11.7 Å². The Kier molecular flexibility index (Phi) is 3.60. The van der Waals surface area contributed by atoms with E-state index in [2.05, 4.69) is 30.9 Å². The van der Waals surface area contributed by atoms with Crippen LogP contribution >= 0.6 is 0 Å². The summed E-state index contributed by atoms with van der Waals surface area (Å²) >= 11 is 0. The van der Waals surface area contributed by atoms with E-state index >= 15 is 0 Å². The fraction of sp³-hybridized carbons (Fsp3) is 0.533. The maximum absolute atomic E-state index is 10.8. The number of nitrogens with zero attached hydrogens (tertiary/aromatic N) is 1. The van der Waals surface area contributed by atoms with Crippen LogP contribution in [0.1, 0.15) is 33.1 Å². The van der Waals surface area contributed by atoms with E-state index in [1.807, 2.05) is 18.2 Å². The molecule has 1 fully saturated rings. The van der Waals surface area contributed by atoms with Crippen LogP contribution in [0.25, 0.3) is 0 Å². The van der Waals surface area contributed by atoms with E-state index in [1.54, 1.807) is 0 Å². The third-order valence-corrected chi connectivity index (χ3v) is 4.17. The summed E-state index contributed by atoms with van der Waals surface area (Å²) < 4.78 is 0. The average Bonchev–Trinajstić information content (AvgIpc) is 3.10. The zero-order valence-corrected chi connectivity index (χ0v) is 11.1. The maximum atomic E-state index is 10.8. The van der Waals surface area contributed by atoms with Crippen LogP contribution in [0.5, 0.6) is 0 Å². The monoisotopic (exact) mass is 247 g/mol. The molecular formula is C15H21NO2. The Morgan fingerprint density at radius 3 is 2.50 bits per heavy atom. The topological polar surface area (TPSA) is 40.5 Å². The van der Waals surface area contributed by atoms with E-state index in [4.69, 9.17) is 5.11 Å². The highest BCUT2D eigenvalue weighted by Crippen LogP contribution is 2.50. The van der Waals surface area contributed by atoms with Crippen molar-refractivity contribution in [2.75, 3.05) is 11.4 Å². The Hall–Kier alpha value is -1.51. The van der Waals surface area contributed by atoms with Crippen LogP contribution < -0.4 is 4.90 Å². The van der Waals surface area contributed by atoms with Crippen LogP contribution in [0.4, 0.5) is 5.69 Å². The van der Waals surface area contributed by atoms with Crippen molar-refractivity contribution in [2.45, 2.75) is 39.2 Å². The van der Waals surface area contributed by atoms with Gasteiger partial charge in [0.2, 0.25) is 0 Å². The molecule has 18 heavy (non-hydrogen) atoms. The number of benzene rings is 1. The Bertz CT molecular complexity index is 412. The molecule has 1 aliphatic rings. The van der Waals surface area contributed by atoms with Crippen molar-refractivity contribution in [1.29, 1.82) is 0 Å². The molecule has 1 N–H and O–H groups in total. The smallest absolute Gasteiger partial charge is 0.305 e. The van der Waals surface area contributed by atoms with Crippen LogP contribution in [-0.2, 0) is 4.79 Å². The van der Waals surface area contributed by atoms with Crippen molar-refractivity contribution in [3.63, 3.8) is 0 Å². The summed E-state index contributed by atoms with van der Waals surface area (Å²) in [6.45, 7) is 5.08. The first kappa shape index (κ1) is 12.9. The highest BCUT2D eigenvalue weighted by molar-refractivity contribution is 5.67. The van der Waals surface area contributed by atoms with E-state index < -0.39 is 5.97 Å². The van der Waals surface area contributed by atoms with Gasteiger partial charge in [-0.15, -0.1) is 0 Å². The Morgan fingerprint density at radius 2 is 2.00 bits per heavy atom. The Morgan fingerprint density at radius 1 is 1.39 bits per heavy atom. The van der Waals surface area contributed by atoms with Gasteiger partial charge in [-0.05, 0) is 37.3 Å². The molecule has 1 aromatic carbocycles. The van der Waals surface area contributed by atoms with E-state index in [-0.39, 0.29) is 6.42 Å². The third-order valence-electron chi connectivity index (χ3n) is 4.17. The molecule has 0 bridgehead atoms. The quantitative estimate of drug-likeness (QED) is 0.839. The van der Waals surface area contributed by atoms with Crippen molar-refractivity contribution in [1.82, 2.24) is 0 Å². The number of hydrogen-bond acceptors (Lipinski definition) is 2. The molecule has 0 spiro atoms. The van der Waals surface area contributed by atoms with Crippen LogP contribution in [0, 0.1) is 5.41 Å². The lowest BCUT2D eigenvalue weighted by Crippen LogP contribution is -2.40. The number of carboxylic acids is 1. The first-order chi connectivity index (χ1) is 8.53.